The van der Waals surface area contributed by atoms with Crippen LogP contribution in [0.15, 0.2) is 212 Å². The largest absolute Gasteiger partial charge is 0.309 e. The standard InChI is InChI=1S/C54H35N3/c1-3-18-44-38(12-1)14-10-22-46(44)50-35-51(47-23-11-15-39-13-2-4-19-45(39)47)56-54(55-50)40-28-26-36(27-29-40)41-16-9-17-42(34-41)37-30-32-43(33-31-37)57-52-24-7-5-20-48(52)49-21-6-8-25-53(49)57/h1-35H. The van der Waals surface area contributed by atoms with Gasteiger partial charge in [0.1, 0.15) is 0 Å². The van der Waals surface area contributed by atoms with Crippen LogP contribution < -0.4 is 0 Å². The smallest absolute Gasteiger partial charge is 0.160 e. The molecule has 0 saturated heterocycles. The van der Waals surface area contributed by atoms with Gasteiger partial charge in [-0.05, 0) is 80.2 Å². The molecule has 57 heavy (non-hydrogen) atoms. The highest BCUT2D eigenvalue weighted by atomic mass is 15.0. The van der Waals surface area contributed by atoms with Crippen molar-refractivity contribution in [1.29, 1.82) is 0 Å². The van der Waals surface area contributed by atoms with E-state index in [9.17, 15) is 0 Å². The zero-order valence-corrected chi connectivity index (χ0v) is 31.0. The number of benzene rings is 9. The fraction of sp³-hybridized carbons (Fsp3) is 0. The first kappa shape index (κ1) is 32.8. The van der Waals surface area contributed by atoms with Gasteiger partial charge in [-0.15, -0.1) is 0 Å². The summed E-state index contributed by atoms with van der Waals surface area (Å²) in [5.74, 6) is 0.701. The predicted octanol–water partition coefficient (Wildman–Crippen LogP) is 14.2. The Bertz CT molecular complexity index is 3120. The number of hydrogen-bond donors (Lipinski definition) is 0. The molecule has 0 spiro atoms. The van der Waals surface area contributed by atoms with E-state index < -0.39 is 0 Å². The van der Waals surface area contributed by atoms with E-state index in [1.54, 1.807) is 0 Å². The lowest BCUT2D eigenvalue weighted by Gasteiger charge is -2.13. The SMILES string of the molecule is c1cc(-c2ccc(-c3nc(-c4cccc5ccccc45)cc(-c4cccc5ccccc45)n3)cc2)cc(-c2ccc(-n3c4ccccc4c4ccccc43)cc2)c1. The van der Waals surface area contributed by atoms with Crippen molar-refractivity contribution in [3.8, 4) is 61.8 Å². The van der Waals surface area contributed by atoms with Gasteiger partial charge in [0.2, 0.25) is 0 Å². The molecule has 0 N–H and O–H groups in total. The van der Waals surface area contributed by atoms with E-state index >= 15 is 0 Å². The molecule has 11 rings (SSSR count). The molecule has 0 radical (unpaired) electrons. The summed E-state index contributed by atoms with van der Waals surface area (Å²) in [5.41, 5.74) is 13.2. The minimum absolute atomic E-state index is 0.701. The molecule has 0 aliphatic carbocycles. The van der Waals surface area contributed by atoms with Crippen molar-refractivity contribution in [3.63, 3.8) is 0 Å². The minimum atomic E-state index is 0.701. The van der Waals surface area contributed by atoms with Crippen molar-refractivity contribution in [2.45, 2.75) is 0 Å². The Labute approximate surface area is 330 Å². The number of aromatic nitrogens is 3. The maximum Gasteiger partial charge on any atom is 0.160 e. The lowest BCUT2D eigenvalue weighted by atomic mass is 9.97. The molecule has 0 aliphatic heterocycles. The molecule has 0 atom stereocenters. The van der Waals surface area contributed by atoms with Crippen LogP contribution in [0, 0.1) is 0 Å². The van der Waals surface area contributed by atoms with Gasteiger partial charge >= 0.3 is 0 Å². The molecule has 9 aromatic carbocycles. The molecule has 0 aliphatic rings. The Balaban J connectivity index is 0.951. The molecule has 2 aromatic heterocycles. The molecule has 3 nitrogen and oxygen atoms in total. The lowest BCUT2D eigenvalue weighted by molar-refractivity contribution is 1.18. The fourth-order valence-corrected chi connectivity index (χ4v) is 8.44. The monoisotopic (exact) mass is 725 g/mol. The number of hydrogen-bond acceptors (Lipinski definition) is 2. The van der Waals surface area contributed by atoms with Gasteiger partial charge in [-0.25, -0.2) is 9.97 Å². The molecule has 266 valence electrons. The number of nitrogens with zero attached hydrogens (tertiary/aromatic N) is 3. The van der Waals surface area contributed by atoms with Gasteiger partial charge in [0.05, 0.1) is 22.4 Å². The van der Waals surface area contributed by atoms with E-state index in [1.165, 1.54) is 54.5 Å². The second-order valence-electron chi connectivity index (χ2n) is 14.6. The Hall–Kier alpha value is -7.62. The highest BCUT2D eigenvalue weighted by Gasteiger charge is 2.15. The molecule has 0 amide bonds. The second-order valence-corrected chi connectivity index (χ2v) is 14.6. The molecule has 0 unspecified atom stereocenters. The van der Waals surface area contributed by atoms with Gasteiger partial charge in [0.15, 0.2) is 5.82 Å². The Morgan fingerprint density at radius 1 is 0.298 bits per heavy atom. The first-order valence-corrected chi connectivity index (χ1v) is 19.4. The summed E-state index contributed by atoms with van der Waals surface area (Å²) in [6.45, 7) is 0. The van der Waals surface area contributed by atoms with E-state index in [2.05, 4.69) is 217 Å². The molecule has 0 fully saturated rings. The van der Waals surface area contributed by atoms with Crippen LogP contribution in [0.5, 0.6) is 0 Å². The van der Waals surface area contributed by atoms with Gasteiger partial charge in [-0.3, -0.25) is 0 Å². The third-order valence-electron chi connectivity index (χ3n) is 11.2. The van der Waals surface area contributed by atoms with Crippen molar-refractivity contribution in [2.24, 2.45) is 0 Å². The summed E-state index contributed by atoms with van der Waals surface area (Å²) in [7, 11) is 0. The number of para-hydroxylation sites is 2. The third kappa shape index (κ3) is 5.76. The van der Waals surface area contributed by atoms with Gasteiger partial charge in [-0.1, -0.05) is 176 Å². The van der Waals surface area contributed by atoms with E-state index in [-0.39, 0.29) is 0 Å². The minimum Gasteiger partial charge on any atom is -0.309 e. The Morgan fingerprint density at radius 3 is 1.26 bits per heavy atom. The zero-order chi connectivity index (χ0) is 37.7. The van der Waals surface area contributed by atoms with E-state index in [1.807, 2.05) is 0 Å². The molecule has 3 heteroatoms. The van der Waals surface area contributed by atoms with Crippen LogP contribution in [0.2, 0.25) is 0 Å². The molecular formula is C54H35N3. The number of rotatable bonds is 6. The van der Waals surface area contributed by atoms with Gasteiger partial charge in [0.25, 0.3) is 0 Å². The topological polar surface area (TPSA) is 30.7 Å². The fourth-order valence-electron chi connectivity index (χ4n) is 8.44. The van der Waals surface area contributed by atoms with Crippen LogP contribution in [0.1, 0.15) is 0 Å². The molecule has 0 saturated carbocycles. The summed E-state index contributed by atoms with van der Waals surface area (Å²) >= 11 is 0. The number of fused-ring (bicyclic) bond motifs is 5. The zero-order valence-electron chi connectivity index (χ0n) is 31.0. The van der Waals surface area contributed by atoms with E-state index in [0.29, 0.717) is 5.82 Å². The highest BCUT2D eigenvalue weighted by Crippen LogP contribution is 2.36. The van der Waals surface area contributed by atoms with Crippen molar-refractivity contribution in [3.05, 3.63) is 212 Å². The van der Waals surface area contributed by atoms with Crippen LogP contribution >= 0.6 is 0 Å². The Kier molecular flexibility index (Phi) is 7.82. The van der Waals surface area contributed by atoms with Crippen LogP contribution in [-0.2, 0) is 0 Å². The average molecular weight is 726 g/mol. The first-order chi connectivity index (χ1) is 28.2. The van der Waals surface area contributed by atoms with Gasteiger partial charge < -0.3 is 4.57 Å². The summed E-state index contributed by atoms with van der Waals surface area (Å²) in [5, 5.41) is 7.26. The van der Waals surface area contributed by atoms with Crippen molar-refractivity contribution in [1.82, 2.24) is 14.5 Å². The highest BCUT2D eigenvalue weighted by molar-refractivity contribution is 6.09. The second kappa shape index (κ2) is 13.6. The molecule has 11 aromatic rings. The first-order valence-electron chi connectivity index (χ1n) is 19.4. The van der Waals surface area contributed by atoms with Crippen LogP contribution in [0.4, 0.5) is 0 Å². The van der Waals surface area contributed by atoms with E-state index in [4.69, 9.17) is 9.97 Å². The maximum absolute atomic E-state index is 5.23. The summed E-state index contributed by atoms with van der Waals surface area (Å²) < 4.78 is 2.36. The Morgan fingerprint density at radius 2 is 0.719 bits per heavy atom. The quantitative estimate of drug-likeness (QED) is 0.171. The van der Waals surface area contributed by atoms with Crippen LogP contribution in [-0.4, -0.2) is 14.5 Å². The molecular weight excluding hydrogens is 691 g/mol. The van der Waals surface area contributed by atoms with Crippen molar-refractivity contribution in [2.75, 3.05) is 0 Å². The van der Waals surface area contributed by atoms with E-state index in [0.717, 1.165) is 44.9 Å². The predicted molar refractivity (Wildman–Crippen MR) is 239 cm³/mol. The maximum atomic E-state index is 5.23. The summed E-state index contributed by atoms with van der Waals surface area (Å²) in [6.07, 6.45) is 0. The third-order valence-corrected chi connectivity index (χ3v) is 11.2. The molecule has 0 bridgehead atoms. The summed E-state index contributed by atoms with van der Waals surface area (Å²) in [6, 6.07) is 75.7. The summed E-state index contributed by atoms with van der Waals surface area (Å²) in [4.78, 5) is 10.5. The average Bonchev–Trinajstić information content (AvgIpc) is 3.63. The van der Waals surface area contributed by atoms with Crippen molar-refractivity contribution < 1.29 is 0 Å². The van der Waals surface area contributed by atoms with Crippen LogP contribution in [0.25, 0.3) is 105 Å². The van der Waals surface area contributed by atoms with Crippen molar-refractivity contribution >= 4 is 43.4 Å². The molecule has 2 heterocycles. The normalized spacial score (nSPS) is 11.5. The van der Waals surface area contributed by atoms with Gasteiger partial charge in [0, 0.05) is 33.2 Å². The lowest BCUT2D eigenvalue weighted by Crippen LogP contribution is -1.97. The van der Waals surface area contributed by atoms with Gasteiger partial charge in [-0.2, -0.15) is 0 Å². The van der Waals surface area contributed by atoms with Crippen LogP contribution in [0.3, 0.4) is 0 Å².